The second-order valence-corrected chi connectivity index (χ2v) is 9.69. The number of rotatable bonds is 6. The van der Waals surface area contributed by atoms with Crippen molar-refractivity contribution in [3.8, 4) is 0 Å². The standard InChI is InChI=1S/C27H22Cl2F4N2O3/c1-38-14-18-3-2-17(10-21(18)27(31,32)33)25(36)34-24-13-35(26(37)15-4-7-19(30)8-5-15)12-20(24)16-6-9-22(28)23(29)11-16/h2-11,20,24H,12-14H2,1H3,(H,34,36)/t20-,24+/m0/s1. The lowest BCUT2D eigenvalue weighted by molar-refractivity contribution is -0.138. The van der Waals surface area contributed by atoms with Crippen molar-refractivity contribution in [1.82, 2.24) is 10.2 Å². The Kier molecular flexibility index (Phi) is 8.30. The quantitative estimate of drug-likeness (QED) is 0.353. The van der Waals surface area contributed by atoms with Gasteiger partial charge in [0.15, 0.2) is 0 Å². The third-order valence-corrected chi connectivity index (χ3v) is 7.10. The number of likely N-dealkylation sites (tertiary alicyclic amines) is 1. The van der Waals surface area contributed by atoms with E-state index in [0.717, 1.165) is 6.07 Å². The summed E-state index contributed by atoms with van der Waals surface area (Å²) in [6.45, 7) is -0.0142. The first-order valence-corrected chi connectivity index (χ1v) is 12.2. The molecule has 38 heavy (non-hydrogen) atoms. The molecular weight excluding hydrogens is 547 g/mol. The first-order valence-electron chi connectivity index (χ1n) is 11.5. The third kappa shape index (κ3) is 6.11. The fraction of sp³-hybridized carbons (Fsp3) is 0.259. The van der Waals surface area contributed by atoms with E-state index in [0.29, 0.717) is 10.6 Å². The molecule has 1 heterocycles. The van der Waals surface area contributed by atoms with Crippen molar-refractivity contribution in [2.75, 3.05) is 20.2 Å². The fourth-order valence-electron chi connectivity index (χ4n) is 4.49. The second kappa shape index (κ2) is 11.3. The van der Waals surface area contributed by atoms with Crippen LogP contribution in [0.4, 0.5) is 17.6 Å². The van der Waals surface area contributed by atoms with Gasteiger partial charge in [0.05, 0.1) is 28.3 Å². The van der Waals surface area contributed by atoms with E-state index in [9.17, 15) is 27.2 Å². The Hall–Kier alpha value is -3.14. The van der Waals surface area contributed by atoms with Crippen LogP contribution in [0.2, 0.25) is 10.0 Å². The Morgan fingerprint density at radius 3 is 2.29 bits per heavy atom. The van der Waals surface area contributed by atoms with Gasteiger partial charge in [-0.3, -0.25) is 9.59 Å². The molecule has 5 nitrogen and oxygen atoms in total. The van der Waals surface area contributed by atoms with E-state index in [1.807, 2.05) is 0 Å². The average molecular weight is 569 g/mol. The van der Waals surface area contributed by atoms with Crippen LogP contribution < -0.4 is 5.32 Å². The summed E-state index contributed by atoms with van der Waals surface area (Å²) in [5.74, 6) is -2.04. The number of carbonyl (C=O) groups is 2. The van der Waals surface area contributed by atoms with Crippen LogP contribution in [-0.4, -0.2) is 43.0 Å². The summed E-state index contributed by atoms with van der Waals surface area (Å²) in [4.78, 5) is 27.7. The molecule has 3 aromatic rings. The number of amides is 2. The number of hydrogen-bond acceptors (Lipinski definition) is 3. The normalized spacial score (nSPS) is 17.5. The molecule has 200 valence electrons. The topological polar surface area (TPSA) is 58.6 Å². The van der Waals surface area contributed by atoms with Gasteiger partial charge in [-0.25, -0.2) is 4.39 Å². The largest absolute Gasteiger partial charge is 0.416 e. The summed E-state index contributed by atoms with van der Waals surface area (Å²) in [5.41, 5.74) is -0.302. The van der Waals surface area contributed by atoms with Crippen molar-refractivity contribution in [3.05, 3.63) is 104 Å². The van der Waals surface area contributed by atoms with Crippen molar-refractivity contribution in [2.45, 2.75) is 24.7 Å². The van der Waals surface area contributed by atoms with Gasteiger partial charge in [0.1, 0.15) is 5.82 Å². The lowest BCUT2D eigenvalue weighted by atomic mass is 9.94. The van der Waals surface area contributed by atoms with Gasteiger partial charge in [-0.15, -0.1) is 0 Å². The predicted octanol–water partition coefficient (Wildman–Crippen LogP) is 6.34. The zero-order chi connectivity index (χ0) is 27.6. The molecule has 1 N–H and O–H groups in total. The molecule has 2 amide bonds. The summed E-state index contributed by atoms with van der Waals surface area (Å²) in [6.07, 6.45) is -4.68. The van der Waals surface area contributed by atoms with Crippen LogP contribution in [0.15, 0.2) is 60.7 Å². The van der Waals surface area contributed by atoms with E-state index in [2.05, 4.69) is 5.32 Å². The highest BCUT2D eigenvalue weighted by Gasteiger charge is 2.39. The first kappa shape index (κ1) is 27.9. The van der Waals surface area contributed by atoms with Crippen LogP contribution in [0.3, 0.4) is 0 Å². The van der Waals surface area contributed by atoms with Gasteiger partial charge >= 0.3 is 6.18 Å². The Morgan fingerprint density at radius 1 is 0.974 bits per heavy atom. The molecule has 3 aromatic carbocycles. The van der Waals surface area contributed by atoms with Gasteiger partial charge in [0.25, 0.3) is 11.8 Å². The van der Waals surface area contributed by atoms with E-state index >= 15 is 0 Å². The molecular formula is C27H22Cl2F4N2O3. The van der Waals surface area contributed by atoms with E-state index in [1.165, 1.54) is 48.4 Å². The molecule has 0 saturated carbocycles. The van der Waals surface area contributed by atoms with Crippen LogP contribution in [0.1, 0.15) is 43.3 Å². The van der Waals surface area contributed by atoms with Crippen LogP contribution in [0, 0.1) is 5.82 Å². The van der Waals surface area contributed by atoms with Gasteiger partial charge in [0.2, 0.25) is 0 Å². The molecule has 0 radical (unpaired) electrons. The van der Waals surface area contributed by atoms with Gasteiger partial charge in [0, 0.05) is 37.2 Å². The maximum absolute atomic E-state index is 13.6. The number of carbonyl (C=O) groups excluding carboxylic acids is 2. The van der Waals surface area contributed by atoms with E-state index in [-0.39, 0.29) is 47.3 Å². The average Bonchev–Trinajstić information content (AvgIpc) is 3.29. The molecule has 4 rings (SSSR count). The minimum absolute atomic E-state index is 0.0702. The molecule has 0 bridgehead atoms. The molecule has 1 fully saturated rings. The van der Waals surface area contributed by atoms with Crippen LogP contribution >= 0.6 is 23.2 Å². The van der Waals surface area contributed by atoms with E-state index in [4.69, 9.17) is 27.9 Å². The summed E-state index contributed by atoms with van der Waals surface area (Å²) in [6, 6.07) is 12.6. The first-order chi connectivity index (χ1) is 18.0. The van der Waals surface area contributed by atoms with Crippen molar-refractivity contribution < 1.29 is 31.9 Å². The van der Waals surface area contributed by atoms with Gasteiger partial charge in [-0.1, -0.05) is 35.3 Å². The third-order valence-electron chi connectivity index (χ3n) is 6.36. The fourth-order valence-corrected chi connectivity index (χ4v) is 4.79. The van der Waals surface area contributed by atoms with Gasteiger partial charge in [-0.05, 0) is 59.7 Å². The Morgan fingerprint density at radius 2 is 1.66 bits per heavy atom. The monoisotopic (exact) mass is 568 g/mol. The zero-order valence-electron chi connectivity index (χ0n) is 20.0. The number of nitrogens with zero attached hydrogens (tertiary/aromatic N) is 1. The van der Waals surface area contributed by atoms with E-state index in [1.54, 1.807) is 18.2 Å². The van der Waals surface area contributed by atoms with Crippen molar-refractivity contribution in [2.24, 2.45) is 0 Å². The highest BCUT2D eigenvalue weighted by atomic mass is 35.5. The van der Waals surface area contributed by atoms with Gasteiger partial charge in [-0.2, -0.15) is 13.2 Å². The summed E-state index contributed by atoms with van der Waals surface area (Å²) < 4.78 is 59.1. The summed E-state index contributed by atoms with van der Waals surface area (Å²) in [7, 11) is 1.28. The lowest BCUT2D eigenvalue weighted by Gasteiger charge is -2.21. The van der Waals surface area contributed by atoms with Crippen molar-refractivity contribution in [1.29, 1.82) is 0 Å². The molecule has 1 aliphatic heterocycles. The Bertz CT molecular complexity index is 1350. The second-order valence-electron chi connectivity index (χ2n) is 8.88. The molecule has 1 saturated heterocycles. The number of nitrogens with one attached hydrogen (secondary N) is 1. The number of ether oxygens (including phenoxy) is 1. The molecule has 0 aromatic heterocycles. The predicted molar refractivity (Wildman–Crippen MR) is 135 cm³/mol. The number of alkyl halides is 3. The zero-order valence-corrected chi connectivity index (χ0v) is 21.5. The molecule has 0 spiro atoms. The van der Waals surface area contributed by atoms with E-state index < -0.39 is 35.4 Å². The van der Waals surface area contributed by atoms with Crippen molar-refractivity contribution in [3.63, 3.8) is 0 Å². The highest BCUT2D eigenvalue weighted by Crippen LogP contribution is 2.35. The number of hydrogen-bond donors (Lipinski definition) is 1. The minimum atomic E-state index is -4.68. The Labute approximate surface area is 226 Å². The van der Waals surface area contributed by atoms with Crippen LogP contribution in [0.5, 0.6) is 0 Å². The molecule has 2 atom stereocenters. The maximum atomic E-state index is 13.6. The molecule has 11 heteroatoms. The number of halogens is 6. The molecule has 1 aliphatic rings. The van der Waals surface area contributed by atoms with Gasteiger partial charge < -0.3 is 15.0 Å². The minimum Gasteiger partial charge on any atom is -0.380 e. The molecule has 0 unspecified atom stereocenters. The summed E-state index contributed by atoms with van der Waals surface area (Å²) >= 11 is 12.2. The smallest absolute Gasteiger partial charge is 0.380 e. The number of benzene rings is 3. The summed E-state index contributed by atoms with van der Waals surface area (Å²) in [5, 5.41) is 3.39. The lowest BCUT2D eigenvalue weighted by Crippen LogP contribution is -2.40. The molecule has 0 aliphatic carbocycles. The SMILES string of the molecule is COCc1ccc(C(=O)N[C@@H]2CN(C(=O)c3ccc(F)cc3)C[C@H]2c2ccc(Cl)c(Cl)c2)cc1C(F)(F)F. The maximum Gasteiger partial charge on any atom is 0.416 e. The van der Waals surface area contributed by atoms with Crippen molar-refractivity contribution >= 4 is 35.0 Å². The number of methoxy groups -OCH3 is 1. The highest BCUT2D eigenvalue weighted by molar-refractivity contribution is 6.42. The van der Waals surface area contributed by atoms with Crippen LogP contribution in [0.25, 0.3) is 0 Å². The van der Waals surface area contributed by atoms with Crippen LogP contribution in [-0.2, 0) is 17.5 Å². The Balaban J connectivity index is 1.63.